The molecule has 0 spiro atoms. The number of hydrogen-bond donors (Lipinski definition) is 3. The summed E-state index contributed by atoms with van der Waals surface area (Å²) in [6.07, 6.45) is 0. The van der Waals surface area contributed by atoms with E-state index in [-0.39, 0.29) is 11.9 Å². The highest BCUT2D eigenvalue weighted by Gasteiger charge is 2.02. The maximum atomic E-state index is 5.96. The summed E-state index contributed by atoms with van der Waals surface area (Å²) >= 11 is 5.96. The maximum Gasteiger partial charge on any atom is 0.223 e. The summed E-state index contributed by atoms with van der Waals surface area (Å²) in [5, 5.41) is 0.692. The van der Waals surface area contributed by atoms with Gasteiger partial charge in [-0.15, -0.1) is 0 Å². The summed E-state index contributed by atoms with van der Waals surface area (Å²) < 4.78 is 0. The van der Waals surface area contributed by atoms with E-state index >= 15 is 0 Å². The quantitative estimate of drug-likeness (QED) is 0.506. The standard InChI is InChI=1S/C10H14ClN5/c1-5-4-8(6(2)3-7(5)11)15-10(14)16-9(12)13/h3-4H,1-2H3,(H6,12,13,14,15,16). The van der Waals surface area contributed by atoms with Crippen LogP contribution >= 0.6 is 11.6 Å². The zero-order valence-electron chi connectivity index (χ0n) is 9.16. The molecule has 6 N–H and O–H groups in total. The lowest BCUT2D eigenvalue weighted by Crippen LogP contribution is -2.26. The maximum absolute atomic E-state index is 5.96. The molecule has 0 heterocycles. The minimum absolute atomic E-state index is 0.0184. The van der Waals surface area contributed by atoms with Crippen LogP contribution in [0, 0.1) is 13.8 Å². The Kier molecular flexibility index (Phi) is 3.73. The van der Waals surface area contributed by atoms with Crippen molar-refractivity contribution in [3.63, 3.8) is 0 Å². The van der Waals surface area contributed by atoms with Gasteiger partial charge >= 0.3 is 0 Å². The number of hydrogen-bond acceptors (Lipinski definition) is 1. The number of benzene rings is 1. The minimum Gasteiger partial charge on any atom is -0.370 e. The summed E-state index contributed by atoms with van der Waals surface area (Å²) in [5.74, 6) is -0.102. The minimum atomic E-state index is -0.121. The van der Waals surface area contributed by atoms with E-state index in [9.17, 15) is 0 Å². The summed E-state index contributed by atoms with van der Waals surface area (Å²) in [5.41, 5.74) is 18.4. The van der Waals surface area contributed by atoms with Gasteiger partial charge in [-0.05, 0) is 37.1 Å². The van der Waals surface area contributed by atoms with Gasteiger partial charge in [0.05, 0.1) is 5.69 Å². The number of rotatable bonds is 1. The summed E-state index contributed by atoms with van der Waals surface area (Å²) in [6, 6.07) is 3.64. The number of nitrogens with zero attached hydrogens (tertiary/aromatic N) is 2. The van der Waals surface area contributed by atoms with Gasteiger partial charge in [0.15, 0.2) is 5.96 Å². The van der Waals surface area contributed by atoms with Crippen molar-refractivity contribution in [2.75, 3.05) is 0 Å². The van der Waals surface area contributed by atoms with Crippen LogP contribution in [-0.4, -0.2) is 11.9 Å². The fourth-order valence-electron chi connectivity index (χ4n) is 1.17. The second-order valence-corrected chi connectivity index (χ2v) is 3.80. The van der Waals surface area contributed by atoms with Crippen LogP contribution in [0.15, 0.2) is 22.1 Å². The molecule has 86 valence electrons. The van der Waals surface area contributed by atoms with E-state index < -0.39 is 0 Å². The monoisotopic (exact) mass is 239 g/mol. The van der Waals surface area contributed by atoms with Crippen LogP contribution in [0.4, 0.5) is 5.69 Å². The molecule has 0 radical (unpaired) electrons. The average Bonchev–Trinajstić information content (AvgIpc) is 2.12. The predicted molar refractivity (Wildman–Crippen MR) is 68.0 cm³/mol. The Morgan fingerprint density at radius 3 is 2.31 bits per heavy atom. The molecule has 6 heteroatoms. The number of aliphatic imine (C=N–C) groups is 2. The molecule has 0 amide bonds. The van der Waals surface area contributed by atoms with Crippen molar-refractivity contribution in [1.29, 1.82) is 0 Å². The van der Waals surface area contributed by atoms with Crippen LogP contribution in [-0.2, 0) is 0 Å². The third-order valence-electron chi connectivity index (χ3n) is 1.96. The highest BCUT2D eigenvalue weighted by Crippen LogP contribution is 2.26. The molecule has 0 saturated carbocycles. The van der Waals surface area contributed by atoms with Gasteiger partial charge in [0.1, 0.15) is 0 Å². The highest BCUT2D eigenvalue weighted by atomic mass is 35.5. The van der Waals surface area contributed by atoms with E-state index in [1.807, 2.05) is 26.0 Å². The molecular weight excluding hydrogens is 226 g/mol. The molecule has 1 rings (SSSR count). The van der Waals surface area contributed by atoms with Crippen LogP contribution < -0.4 is 17.2 Å². The van der Waals surface area contributed by atoms with Gasteiger partial charge in [-0.2, -0.15) is 4.99 Å². The van der Waals surface area contributed by atoms with Gasteiger partial charge in [0.25, 0.3) is 0 Å². The summed E-state index contributed by atoms with van der Waals surface area (Å²) in [4.78, 5) is 7.72. The Morgan fingerprint density at radius 1 is 1.12 bits per heavy atom. The largest absolute Gasteiger partial charge is 0.370 e. The second-order valence-electron chi connectivity index (χ2n) is 3.39. The van der Waals surface area contributed by atoms with Crippen molar-refractivity contribution in [2.45, 2.75) is 13.8 Å². The molecule has 0 bridgehead atoms. The highest BCUT2D eigenvalue weighted by molar-refractivity contribution is 6.31. The zero-order valence-corrected chi connectivity index (χ0v) is 9.92. The molecule has 0 saturated heterocycles. The van der Waals surface area contributed by atoms with Crippen molar-refractivity contribution in [3.05, 3.63) is 28.3 Å². The fraction of sp³-hybridized carbons (Fsp3) is 0.200. The molecule has 0 aliphatic carbocycles. The molecule has 1 aromatic rings. The lowest BCUT2D eigenvalue weighted by atomic mass is 10.1. The van der Waals surface area contributed by atoms with Crippen molar-refractivity contribution >= 4 is 29.2 Å². The molecule has 5 nitrogen and oxygen atoms in total. The molecule has 0 fully saturated rings. The topological polar surface area (TPSA) is 103 Å². The third-order valence-corrected chi connectivity index (χ3v) is 2.36. The van der Waals surface area contributed by atoms with Gasteiger partial charge < -0.3 is 17.2 Å². The molecule has 1 aromatic carbocycles. The summed E-state index contributed by atoms with van der Waals surface area (Å²) in [6.45, 7) is 3.77. The molecular formula is C10H14ClN5. The Labute approximate surface area is 99.0 Å². The smallest absolute Gasteiger partial charge is 0.223 e. The first kappa shape index (κ1) is 12.3. The molecule has 0 aliphatic rings. The van der Waals surface area contributed by atoms with Crippen molar-refractivity contribution in [3.8, 4) is 0 Å². The van der Waals surface area contributed by atoms with E-state index in [1.54, 1.807) is 0 Å². The predicted octanol–water partition coefficient (Wildman–Crippen LogP) is 1.18. The van der Waals surface area contributed by atoms with Crippen molar-refractivity contribution < 1.29 is 0 Å². The van der Waals surface area contributed by atoms with E-state index in [4.69, 9.17) is 28.8 Å². The van der Waals surface area contributed by atoms with Crippen LogP contribution in [0.1, 0.15) is 11.1 Å². The summed E-state index contributed by atoms with van der Waals surface area (Å²) in [7, 11) is 0. The van der Waals surface area contributed by atoms with Gasteiger partial charge in [0, 0.05) is 5.02 Å². The number of halogens is 1. The second kappa shape index (κ2) is 4.85. The first-order chi connectivity index (χ1) is 7.40. The van der Waals surface area contributed by atoms with Crippen molar-refractivity contribution in [2.24, 2.45) is 27.2 Å². The first-order valence-corrected chi connectivity index (χ1v) is 4.98. The third kappa shape index (κ3) is 3.13. The normalized spacial score (nSPS) is 11.3. The van der Waals surface area contributed by atoms with Gasteiger partial charge in [0.2, 0.25) is 5.96 Å². The lowest BCUT2D eigenvalue weighted by Gasteiger charge is -2.04. The van der Waals surface area contributed by atoms with E-state index in [0.29, 0.717) is 10.7 Å². The van der Waals surface area contributed by atoms with Crippen LogP contribution in [0.25, 0.3) is 0 Å². The SMILES string of the molecule is Cc1cc(N=C(N)N=C(N)N)c(C)cc1Cl. The van der Waals surface area contributed by atoms with Crippen LogP contribution in [0.5, 0.6) is 0 Å². The van der Waals surface area contributed by atoms with Crippen molar-refractivity contribution in [1.82, 2.24) is 0 Å². The Morgan fingerprint density at radius 2 is 1.75 bits per heavy atom. The molecule has 0 aliphatic heterocycles. The Hall–Kier alpha value is -1.75. The first-order valence-electron chi connectivity index (χ1n) is 4.60. The molecule has 0 unspecified atom stereocenters. The lowest BCUT2D eigenvalue weighted by molar-refractivity contribution is 1.32. The van der Waals surface area contributed by atoms with Crippen LogP contribution in [0.3, 0.4) is 0 Å². The number of nitrogens with two attached hydrogens (primary N) is 3. The molecule has 0 aromatic heterocycles. The number of aryl methyl sites for hydroxylation is 2. The molecule has 0 atom stereocenters. The van der Waals surface area contributed by atoms with Crippen LogP contribution in [0.2, 0.25) is 5.02 Å². The van der Waals surface area contributed by atoms with E-state index in [0.717, 1.165) is 11.1 Å². The average molecular weight is 240 g/mol. The van der Waals surface area contributed by atoms with Gasteiger partial charge in [-0.1, -0.05) is 11.6 Å². The Bertz CT molecular complexity index is 461. The Balaban J connectivity index is 3.15. The van der Waals surface area contributed by atoms with E-state index in [2.05, 4.69) is 9.98 Å². The number of guanidine groups is 2. The van der Waals surface area contributed by atoms with E-state index in [1.165, 1.54) is 0 Å². The zero-order chi connectivity index (χ0) is 12.3. The van der Waals surface area contributed by atoms with Gasteiger partial charge in [-0.25, -0.2) is 4.99 Å². The fourth-order valence-corrected chi connectivity index (χ4v) is 1.39. The molecule has 16 heavy (non-hydrogen) atoms. The van der Waals surface area contributed by atoms with Gasteiger partial charge in [-0.3, -0.25) is 0 Å².